The van der Waals surface area contributed by atoms with Crippen LogP contribution in [0.2, 0.25) is 0 Å². The number of nitrogens with zero attached hydrogens (tertiary/aromatic N) is 5. The molecule has 1 aliphatic rings. The lowest BCUT2D eigenvalue weighted by Gasteiger charge is -2.27. The summed E-state index contributed by atoms with van der Waals surface area (Å²) in [4.78, 5) is 15.8. The monoisotopic (exact) mass is 574 g/mol. The number of hydrogen-bond donors (Lipinski definition) is 1. The molecular weight excluding hydrogens is 553 g/mol. The third-order valence-corrected chi connectivity index (χ3v) is 6.79. The van der Waals surface area contributed by atoms with E-state index >= 15 is 8.78 Å². The first-order valence-electron chi connectivity index (χ1n) is 12.9. The van der Waals surface area contributed by atoms with Crippen LogP contribution in [0.1, 0.15) is 28.9 Å². The second-order valence-corrected chi connectivity index (χ2v) is 9.58. The molecule has 1 atom stereocenters. The van der Waals surface area contributed by atoms with Crippen molar-refractivity contribution in [2.45, 2.75) is 32.1 Å². The fourth-order valence-corrected chi connectivity index (χ4v) is 4.49. The molecule has 212 valence electrons. The van der Waals surface area contributed by atoms with Crippen LogP contribution in [0.4, 0.5) is 13.2 Å². The predicted octanol–water partition coefficient (Wildman–Crippen LogP) is 4.54. The van der Waals surface area contributed by atoms with E-state index < -0.39 is 23.0 Å². The molecule has 0 spiro atoms. The first-order chi connectivity index (χ1) is 20.4. The third-order valence-electron chi connectivity index (χ3n) is 6.79. The van der Waals surface area contributed by atoms with Crippen molar-refractivity contribution in [2.24, 2.45) is 0 Å². The number of nitriles is 1. The molecule has 0 saturated carbocycles. The van der Waals surface area contributed by atoms with E-state index in [9.17, 15) is 9.18 Å². The van der Waals surface area contributed by atoms with Gasteiger partial charge in [0.25, 0.3) is 5.56 Å². The normalized spacial score (nSPS) is 14.4. The summed E-state index contributed by atoms with van der Waals surface area (Å²) in [6.07, 6.45) is 0.607. The Morgan fingerprint density at radius 3 is 2.60 bits per heavy atom. The van der Waals surface area contributed by atoms with Gasteiger partial charge in [-0.2, -0.15) is 10.4 Å². The number of nitrogens with one attached hydrogen (secondary N) is 1. The Labute approximate surface area is 235 Å². The average molecular weight is 575 g/mol. The van der Waals surface area contributed by atoms with Gasteiger partial charge in [-0.15, -0.1) is 10.2 Å². The zero-order valence-corrected chi connectivity index (χ0v) is 21.8. The Morgan fingerprint density at radius 1 is 1.05 bits per heavy atom. The van der Waals surface area contributed by atoms with E-state index in [0.29, 0.717) is 19.0 Å². The van der Waals surface area contributed by atoms with Gasteiger partial charge >= 0.3 is 0 Å². The number of halogens is 3. The highest BCUT2D eigenvalue weighted by atomic mass is 19.1. The van der Waals surface area contributed by atoms with Crippen molar-refractivity contribution in [3.05, 3.63) is 105 Å². The first kappa shape index (κ1) is 27.0. The molecule has 5 aromatic rings. The smallest absolute Gasteiger partial charge is 0.280 e. The predicted molar refractivity (Wildman–Crippen MR) is 141 cm³/mol. The van der Waals surface area contributed by atoms with Gasteiger partial charge in [0.05, 0.1) is 36.0 Å². The van der Waals surface area contributed by atoms with E-state index in [1.807, 2.05) is 6.07 Å². The summed E-state index contributed by atoms with van der Waals surface area (Å²) in [6, 6.07) is 13.8. The number of aromatic nitrogens is 5. The summed E-state index contributed by atoms with van der Waals surface area (Å²) in [6.45, 7) is 0.785. The largest absolute Gasteiger partial charge is 0.473 e. The number of H-pyrrole nitrogens is 1. The molecule has 42 heavy (non-hydrogen) atoms. The van der Waals surface area contributed by atoms with Crippen molar-refractivity contribution < 1.29 is 27.2 Å². The lowest BCUT2D eigenvalue weighted by Crippen LogP contribution is -2.32. The van der Waals surface area contributed by atoms with Crippen molar-refractivity contribution in [1.82, 2.24) is 24.9 Å². The molecule has 0 aliphatic carbocycles. The molecule has 4 heterocycles. The number of pyridine rings is 1. The van der Waals surface area contributed by atoms with E-state index in [-0.39, 0.29) is 64.5 Å². The summed E-state index contributed by atoms with van der Waals surface area (Å²) >= 11 is 0. The maximum Gasteiger partial charge on any atom is 0.280 e. The summed E-state index contributed by atoms with van der Waals surface area (Å²) in [5.41, 5.74) is -0.00344. The Hall–Kier alpha value is -5.22. The van der Waals surface area contributed by atoms with Gasteiger partial charge in [0.15, 0.2) is 0 Å². The number of benzene rings is 2. The van der Waals surface area contributed by atoms with Gasteiger partial charge < -0.3 is 18.6 Å². The van der Waals surface area contributed by atoms with Crippen molar-refractivity contribution >= 4 is 0 Å². The molecule has 0 bridgehead atoms. The van der Waals surface area contributed by atoms with Gasteiger partial charge in [0.1, 0.15) is 29.9 Å². The fourth-order valence-electron chi connectivity index (χ4n) is 4.49. The Morgan fingerprint density at radius 2 is 1.88 bits per heavy atom. The van der Waals surface area contributed by atoms with Crippen LogP contribution in [0.3, 0.4) is 0 Å². The highest BCUT2D eigenvalue weighted by Crippen LogP contribution is 2.28. The zero-order valence-electron chi connectivity index (χ0n) is 21.8. The molecule has 0 radical (unpaired) electrons. The minimum absolute atomic E-state index is 0.0326. The Bertz CT molecular complexity index is 1870. The molecule has 3 aromatic heterocycles. The van der Waals surface area contributed by atoms with E-state index in [2.05, 4.69) is 20.3 Å². The van der Waals surface area contributed by atoms with Crippen LogP contribution < -0.4 is 10.3 Å². The molecule has 1 N–H and O–H groups in total. The van der Waals surface area contributed by atoms with Crippen LogP contribution >= 0.6 is 0 Å². The molecular formula is C29H21F3N6O4. The number of ether oxygens (including phenoxy) is 2. The molecule has 10 nitrogen and oxygen atoms in total. The summed E-state index contributed by atoms with van der Waals surface area (Å²) in [7, 11) is 0. The minimum atomic E-state index is -0.723. The Balaban J connectivity index is 1.23. The van der Waals surface area contributed by atoms with Gasteiger partial charge in [-0.1, -0.05) is 12.1 Å². The van der Waals surface area contributed by atoms with Gasteiger partial charge in [-0.25, -0.2) is 18.2 Å². The van der Waals surface area contributed by atoms with Crippen LogP contribution in [-0.2, 0) is 24.3 Å². The molecule has 0 amide bonds. The summed E-state index contributed by atoms with van der Waals surface area (Å²) < 4.78 is 62.8. The SMILES string of the molecule is N#Cc1ccc(COc2cccc(-c3cc(F)c(Cc4nnc(-c5cc(=O)[nH]o5)n4C[C@@H]4CCO4)cc3F)n2)c(F)c1. The van der Waals surface area contributed by atoms with E-state index in [1.54, 1.807) is 10.6 Å². The first-order valence-corrected chi connectivity index (χ1v) is 12.9. The molecule has 6 rings (SSSR count). The lowest BCUT2D eigenvalue weighted by atomic mass is 10.0. The van der Waals surface area contributed by atoms with Crippen LogP contribution in [0.25, 0.3) is 22.8 Å². The molecule has 0 unspecified atom stereocenters. The van der Waals surface area contributed by atoms with E-state index in [4.69, 9.17) is 19.3 Å². The number of aromatic amines is 1. The quantitative estimate of drug-likeness (QED) is 0.272. The molecule has 1 saturated heterocycles. The van der Waals surface area contributed by atoms with Gasteiger partial charge in [-0.05, 0) is 42.3 Å². The maximum atomic E-state index is 15.3. The van der Waals surface area contributed by atoms with Crippen LogP contribution in [-0.4, -0.2) is 37.6 Å². The summed E-state index contributed by atoms with van der Waals surface area (Å²) in [5, 5.41) is 19.4. The third kappa shape index (κ3) is 5.52. The van der Waals surface area contributed by atoms with Crippen molar-refractivity contribution in [3.63, 3.8) is 0 Å². The maximum absolute atomic E-state index is 15.3. The van der Waals surface area contributed by atoms with Gasteiger partial charge in [0, 0.05) is 30.2 Å². The van der Waals surface area contributed by atoms with Crippen LogP contribution in [0, 0.1) is 28.8 Å². The summed E-state index contributed by atoms with van der Waals surface area (Å²) in [5.74, 6) is -1.18. The Kier molecular flexibility index (Phi) is 7.28. The van der Waals surface area contributed by atoms with Crippen molar-refractivity contribution in [1.29, 1.82) is 5.26 Å². The van der Waals surface area contributed by atoms with Gasteiger partial charge in [0.2, 0.25) is 17.5 Å². The number of hydrogen-bond acceptors (Lipinski definition) is 8. The van der Waals surface area contributed by atoms with E-state index in [0.717, 1.165) is 24.6 Å². The lowest BCUT2D eigenvalue weighted by molar-refractivity contribution is -0.0593. The number of rotatable bonds is 9. The van der Waals surface area contributed by atoms with Crippen LogP contribution in [0.15, 0.2) is 63.9 Å². The molecule has 1 aliphatic heterocycles. The average Bonchev–Trinajstić information content (AvgIpc) is 3.57. The second kappa shape index (κ2) is 11.3. The fraction of sp³-hybridized carbons (Fsp3) is 0.207. The molecule has 1 fully saturated rings. The van der Waals surface area contributed by atoms with E-state index in [1.165, 1.54) is 30.3 Å². The van der Waals surface area contributed by atoms with Gasteiger partial charge in [-0.3, -0.25) is 4.79 Å². The highest BCUT2D eigenvalue weighted by Gasteiger charge is 2.25. The van der Waals surface area contributed by atoms with Crippen LogP contribution in [0.5, 0.6) is 5.88 Å². The molecule has 13 heteroatoms. The zero-order chi connectivity index (χ0) is 29.2. The standard InChI is InChI=1S/C29H21F3N6O4/c30-21-8-16(13-33)4-5-17(21)15-41-28-3-1-2-24(34-28)20-11-22(31)18(9-23(20)32)10-26-35-36-29(25-12-27(39)37-42-25)38(26)14-19-6-7-40-19/h1-5,8-9,11-12,19H,6-7,10,14-15H2,(H,37,39)/t19-/m0/s1. The topological polar surface area (TPSA) is 132 Å². The highest BCUT2D eigenvalue weighted by molar-refractivity contribution is 5.61. The molecule has 2 aromatic carbocycles. The minimum Gasteiger partial charge on any atom is -0.473 e. The van der Waals surface area contributed by atoms with Crippen molar-refractivity contribution in [3.8, 4) is 34.8 Å². The second-order valence-electron chi connectivity index (χ2n) is 9.58. The van der Waals surface area contributed by atoms with Crippen molar-refractivity contribution in [2.75, 3.05) is 6.61 Å².